The molecule has 0 heterocycles. The van der Waals surface area contributed by atoms with Gasteiger partial charge in [-0.3, -0.25) is 0 Å². The van der Waals surface area contributed by atoms with Crippen molar-refractivity contribution in [3.63, 3.8) is 0 Å². The first kappa shape index (κ1) is 24.9. The Kier molecular flexibility index (Phi) is 20.4. The molecule has 0 aliphatic heterocycles. The first-order valence-electron chi connectivity index (χ1n) is 9.94. The lowest BCUT2D eigenvalue weighted by atomic mass is 10.1. The molecule has 0 amide bonds. The molecule has 0 aliphatic carbocycles. The Bertz CT molecular complexity index is 184. The molecule has 136 valence electrons. The number of quaternary nitrogens is 1. The highest BCUT2D eigenvalue weighted by atomic mass is 127. The van der Waals surface area contributed by atoms with Crippen molar-refractivity contribution < 1.29 is 28.5 Å². The average Bonchev–Trinajstić information content (AvgIpc) is 2.45. The highest BCUT2D eigenvalue weighted by Crippen LogP contribution is 2.12. The van der Waals surface area contributed by atoms with Gasteiger partial charge in [-0.25, -0.2) is 0 Å². The van der Waals surface area contributed by atoms with Gasteiger partial charge >= 0.3 is 0 Å². The van der Waals surface area contributed by atoms with E-state index in [4.69, 9.17) is 0 Å². The molecule has 0 aliphatic rings. The van der Waals surface area contributed by atoms with E-state index in [1.165, 1.54) is 107 Å². The Morgan fingerprint density at radius 1 is 0.455 bits per heavy atom. The number of hydrogen-bond donors (Lipinski definition) is 0. The van der Waals surface area contributed by atoms with Gasteiger partial charge < -0.3 is 28.5 Å². The van der Waals surface area contributed by atoms with Crippen molar-refractivity contribution >= 4 is 0 Å². The number of hydrogen-bond acceptors (Lipinski definition) is 0. The van der Waals surface area contributed by atoms with Crippen molar-refractivity contribution in [1.82, 2.24) is 0 Å². The Morgan fingerprint density at radius 2 is 0.727 bits per heavy atom. The Balaban J connectivity index is 0. The van der Waals surface area contributed by atoms with Crippen LogP contribution in [0.4, 0.5) is 0 Å². The van der Waals surface area contributed by atoms with Crippen molar-refractivity contribution in [1.29, 1.82) is 0 Å². The minimum Gasteiger partial charge on any atom is -1.00 e. The predicted octanol–water partition coefficient (Wildman–Crippen LogP) is 3.57. The van der Waals surface area contributed by atoms with Gasteiger partial charge in [0, 0.05) is 0 Å². The molecule has 0 saturated heterocycles. The van der Waals surface area contributed by atoms with Gasteiger partial charge in [0.1, 0.15) is 0 Å². The Hall–Kier alpha value is 0.690. The number of unbranched alkanes of at least 4 members (excludes halogenated alkanes) is 12. The number of nitrogens with zero attached hydrogens (tertiary/aromatic N) is 1. The van der Waals surface area contributed by atoms with Crippen LogP contribution in [0.1, 0.15) is 104 Å². The smallest absolute Gasteiger partial charge is 0.0782 e. The minimum absolute atomic E-state index is 0. The van der Waals surface area contributed by atoms with Crippen molar-refractivity contribution in [2.24, 2.45) is 0 Å². The first-order valence-corrected chi connectivity index (χ1v) is 9.94. The highest BCUT2D eigenvalue weighted by molar-refractivity contribution is 4.47. The summed E-state index contributed by atoms with van der Waals surface area (Å²) in [6, 6.07) is 0. The molecular formula is C20H44IN. The Morgan fingerprint density at radius 3 is 1.05 bits per heavy atom. The third kappa shape index (κ3) is 18.7. The fraction of sp³-hybridized carbons (Fsp3) is 1.00. The van der Waals surface area contributed by atoms with E-state index in [0.29, 0.717) is 0 Å². The molecule has 22 heavy (non-hydrogen) atoms. The summed E-state index contributed by atoms with van der Waals surface area (Å²) < 4.78 is 1.24. The molecule has 0 aromatic rings. The molecule has 1 nitrogen and oxygen atoms in total. The van der Waals surface area contributed by atoms with Crippen LogP contribution in [0.3, 0.4) is 0 Å². The molecule has 0 radical (unpaired) electrons. The van der Waals surface area contributed by atoms with Crippen LogP contribution in [0.25, 0.3) is 0 Å². The third-order valence-corrected chi connectivity index (χ3v) is 4.73. The molecule has 0 N–H and O–H groups in total. The van der Waals surface area contributed by atoms with Crippen molar-refractivity contribution in [2.45, 2.75) is 104 Å². The molecular weight excluding hydrogens is 381 g/mol. The SMILES string of the molecule is CCCCCCCCC[N+](C)(C)CCCCCCCCC.[I-]. The second-order valence-electron chi connectivity index (χ2n) is 7.63. The lowest BCUT2D eigenvalue weighted by Crippen LogP contribution is -3.00. The summed E-state index contributed by atoms with van der Waals surface area (Å²) in [6.07, 6.45) is 20.1. The monoisotopic (exact) mass is 425 g/mol. The molecule has 0 atom stereocenters. The van der Waals surface area contributed by atoms with E-state index in [9.17, 15) is 0 Å². The molecule has 0 bridgehead atoms. The maximum Gasteiger partial charge on any atom is 0.0782 e. The zero-order valence-corrected chi connectivity index (χ0v) is 18.3. The van der Waals surface area contributed by atoms with E-state index in [2.05, 4.69) is 27.9 Å². The van der Waals surface area contributed by atoms with Crippen LogP contribution in [0.5, 0.6) is 0 Å². The molecule has 2 heteroatoms. The van der Waals surface area contributed by atoms with E-state index in [-0.39, 0.29) is 24.0 Å². The molecule has 0 spiro atoms. The molecule has 0 saturated carbocycles. The van der Waals surface area contributed by atoms with Gasteiger partial charge in [-0.2, -0.15) is 0 Å². The maximum atomic E-state index is 2.42. The summed E-state index contributed by atoms with van der Waals surface area (Å²) in [6.45, 7) is 7.35. The van der Waals surface area contributed by atoms with Crippen LogP contribution in [0.15, 0.2) is 0 Å². The number of halogens is 1. The van der Waals surface area contributed by atoms with Gasteiger partial charge in [0.2, 0.25) is 0 Å². The van der Waals surface area contributed by atoms with Crippen LogP contribution in [0, 0.1) is 0 Å². The lowest BCUT2D eigenvalue weighted by molar-refractivity contribution is -0.890. The zero-order valence-electron chi connectivity index (χ0n) is 16.1. The first-order chi connectivity index (χ1) is 10.1. The molecule has 0 aromatic heterocycles. The largest absolute Gasteiger partial charge is 1.00 e. The summed E-state index contributed by atoms with van der Waals surface area (Å²) in [5, 5.41) is 0. The molecule has 0 unspecified atom stereocenters. The summed E-state index contributed by atoms with van der Waals surface area (Å²) in [5.41, 5.74) is 0. The summed E-state index contributed by atoms with van der Waals surface area (Å²) in [4.78, 5) is 0. The zero-order chi connectivity index (χ0) is 15.8. The molecule has 0 rings (SSSR count). The van der Waals surface area contributed by atoms with Gasteiger partial charge in [0.15, 0.2) is 0 Å². The fourth-order valence-electron chi connectivity index (χ4n) is 3.11. The second-order valence-corrected chi connectivity index (χ2v) is 7.63. The maximum absolute atomic E-state index is 2.42. The van der Waals surface area contributed by atoms with Gasteiger partial charge in [0.05, 0.1) is 27.2 Å². The lowest BCUT2D eigenvalue weighted by Gasteiger charge is -2.30. The molecule has 0 aromatic carbocycles. The van der Waals surface area contributed by atoms with Crippen LogP contribution in [-0.4, -0.2) is 31.7 Å². The van der Waals surface area contributed by atoms with Gasteiger partial charge in [-0.05, 0) is 25.7 Å². The minimum atomic E-state index is 0. The quantitative estimate of drug-likeness (QED) is 0.202. The van der Waals surface area contributed by atoms with Gasteiger partial charge in [-0.15, -0.1) is 0 Å². The van der Waals surface area contributed by atoms with Crippen LogP contribution < -0.4 is 24.0 Å². The van der Waals surface area contributed by atoms with E-state index < -0.39 is 0 Å². The van der Waals surface area contributed by atoms with Crippen LogP contribution >= 0.6 is 0 Å². The second kappa shape index (κ2) is 18.0. The Labute approximate surface area is 159 Å². The topological polar surface area (TPSA) is 0 Å². The third-order valence-electron chi connectivity index (χ3n) is 4.73. The summed E-state index contributed by atoms with van der Waals surface area (Å²) in [7, 11) is 4.85. The van der Waals surface area contributed by atoms with Crippen molar-refractivity contribution in [3.8, 4) is 0 Å². The van der Waals surface area contributed by atoms with E-state index in [1.807, 2.05) is 0 Å². The van der Waals surface area contributed by atoms with Crippen LogP contribution in [0.2, 0.25) is 0 Å². The normalized spacial score (nSPS) is 11.5. The van der Waals surface area contributed by atoms with E-state index in [0.717, 1.165) is 0 Å². The van der Waals surface area contributed by atoms with Crippen molar-refractivity contribution in [2.75, 3.05) is 27.2 Å². The van der Waals surface area contributed by atoms with Crippen LogP contribution in [-0.2, 0) is 0 Å². The standard InChI is InChI=1S/C20H44N.HI/c1-5-7-9-11-13-15-17-19-21(3,4)20-18-16-14-12-10-8-6-2;/h5-20H2,1-4H3;1H/q+1;/p-1. The van der Waals surface area contributed by atoms with E-state index >= 15 is 0 Å². The van der Waals surface area contributed by atoms with Gasteiger partial charge in [0.25, 0.3) is 0 Å². The average molecular weight is 425 g/mol. The highest BCUT2D eigenvalue weighted by Gasteiger charge is 2.13. The summed E-state index contributed by atoms with van der Waals surface area (Å²) >= 11 is 0. The van der Waals surface area contributed by atoms with E-state index in [1.54, 1.807) is 0 Å². The molecule has 0 fully saturated rings. The predicted molar refractivity (Wildman–Crippen MR) is 97.8 cm³/mol. The van der Waals surface area contributed by atoms with Crippen molar-refractivity contribution in [3.05, 3.63) is 0 Å². The van der Waals surface area contributed by atoms with Gasteiger partial charge in [-0.1, -0.05) is 78.1 Å². The number of rotatable bonds is 16. The fourth-order valence-corrected chi connectivity index (χ4v) is 3.11. The summed E-state index contributed by atoms with van der Waals surface area (Å²) in [5.74, 6) is 0.